The van der Waals surface area contributed by atoms with E-state index >= 15 is 0 Å². The first-order chi connectivity index (χ1) is 10.1. The number of H-pyrrole nitrogens is 1. The number of hydrogen-bond acceptors (Lipinski definition) is 9. The van der Waals surface area contributed by atoms with E-state index in [1.165, 1.54) is 4.57 Å². The van der Waals surface area contributed by atoms with Crippen molar-refractivity contribution in [3.8, 4) is 0 Å². The number of rotatable bonds is 3. The highest BCUT2D eigenvalue weighted by atomic mass is 32.2. The Morgan fingerprint density at radius 2 is 2.05 bits per heavy atom. The van der Waals surface area contributed by atoms with Crippen molar-refractivity contribution >= 4 is 23.7 Å². The summed E-state index contributed by atoms with van der Waals surface area (Å²) in [6.45, 7) is 2.66. The Kier molecular flexibility index (Phi) is 3.75. The molecule has 1 aliphatic rings. The lowest BCUT2D eigenvalue weighted by Gasteiger charge is -2.26. The number of nitrogen functional groups attached to an aromatic ring is 1. The van der Waals surface area contributed by atoms with Gasteiger partial charge in [-0.05, 0) is 11.8 Å². The molecule has 10 nitrogen and oxygen atoms in total. The molecule has 0 aliphatic carbocycles. The van der Waals surface area contributed by atoms with Crippen LogP contribution in [0.15, 0.2) is 15.1 Å². The van der Waals surface area contributed by atoms with Crippen molar-refractivity contribution in [2.24, 2.45) is 7.05 Å². The molecule has 2 aromatic heterocycles. The molecule has 2 aromatic rings. The molecule has 3 rings (SSSR count). The summed E-state index contributed by atoms with van der Waals surface area (Å²) in [6, 6.07) is 0. The Bertz CT molecular complexity index is 693. The number of nitrogens with zero attached hydrogens (tertiary/aromatic N) is 6. The van der Waals surface area contributed by atoms with Gasteiger partial charge in [0.2, 0.25) is 17.1 Å². The van der Waals surface area contributed by atoms with Gasteiger partial charge in [0.15, 0.2) is 5.16 Å². The number of ether oxygens (including phenoxy) is 1. The molecule has 0 atom stereocenters. The van der Waals surface area contributed by atoms with E-state index in [0.717, 1.165) is 11.8 Å². The first-order valence-electron chi connectivity index (χ1n) is 6.27. The molecule has 0 aromatic carbocycles. The molecule has 0 saturated carbocycles. The summed E-state index contributed by atoms with van der Waals surface area (Å²) in [4.78, 5) is 25.9. The van der Waals surface area contributed by atoms with Gasteiger partial charge in [-0.25, -0.2) is 9.89 Å². The maximum atomic E-state index is 11.3. The van der Waals surface area contributed by atoms with Crippen LogP contribution in [0.25, 0.3) is 0 Å². The van der Waals surface area contributed by atoms with Crippen LogP contribution in [-0.4, -0.2) is 56.0 Å². The molecule has 0 bridgehead atoms. The molecule has 11 heteroatoms. The lowest BCUT2D eigenvalue weighted by atomic mass is 10.4. The fraction of sp³-hybridized carbons (Fsp3) is 0.500. The van der Waals surface area contributed by atoms with Gasteiger partial charge in [0.05, 0.1) is 13.2 Å². The molecule has 0 unspecified atom stereocenters. The minimum absolute atomic E-state index is 0.134. The Hall–Kier alpha value is -2.14. The van der Waals surface area contributed by atoms with Crippen molar-refractivity contribution in [1.29, 1.82) is 0 Å². The van der Waals surface area contributed by atoms with Gasteiger partial charge >= 0.3 is 5.69 Å². The van der Waals surface area contributed by atoms with E-state index in [0.29, 0.717) is 42.6 Å². The van der Waals surface area contributed by atoms with E-state index in [1.54, 1.807) is 7.05 Å². The first-order valence-corrected chi connectivity index (χ1v) is 7.08. The Labute approximate surface area is 123 Å². The second kappa shape index (κ2) is 5.69. The predicted octanol–water partition coefficient (Wildman–Crippen LogP) is -1.14. The van der Waals surface area contributed by atoms with E-state index in [4.69, 9.17) is 10.5 Å². The monoisotopic (exact) mass is 310 g/mol. The maximum Gasteiger partial charge on any atom is 0.343 e. The molecular formula is C10H14N8O2S. The van der Waals surface area contributed by atoms with E-state index in [1.807, 2.05) is 4.90 Å². The molecule has 0 spiro atoms. The van der Waals surface area contributed by atoms with Gasteiger partial charge in [0.25, 0.3) is 0 Å². The van der Waals surface area contributed by atoms with Crippen molar-refractivity contribution in [3.63, 3.8) is 0 Å². The van der Waals surface area contributed by atoms with Gasteiger partial charge in [0, 0.05) is 20.1 Å². The largest absolute Gasteiger partial charge is 0.378 e. The second-order valence-electron chi connectivity index (χ2n) is 4.35. The van der Waals surface area contributed by atoms with Crippen LogP contribution < -0.4 is 16.3 Å². The summed E-state index contributed by atoms with van der Waals surface area (Å²) in [6.07, 6.45) is 0. The normalized spacial score (nSPS) is 15.4. The highest BCUT2D eigenvalue weighted by Gasteiger charge is 2.17. The predicted molar refractivity (Wildman–Crippen MR) is 75.2 cm³/mol. The zero-order valence-electron chi connectivity index (χ0n) is 11.3. The van der Waals surface area contributed by atoms with Gasteiger partial charge in [-0.2, -0.15) is 15.0 Å². The standard InChI is InChI=1S/C10H14N8O2S/c1-17-9(19)15-16-10(17)21-8-13-6(11)12-7(14-8)18-2-4-20-5-3-18/h2-5H2,1H3,(H,15,19)(H2,11,12,13,14). The van der Waals surface area contributed by atoms with Crippen LogP contribution in [-0.2, 0) is 11.8 Å². The molecule has 112 valence electrons. The number of nitrogens with one attached hydrogen (secondary N) is 1. The van der Waals surface area contributed by atoms with Crippen LogP contribution >= 0.6 is 11.8 Å². The van der Waals surface area contributed by atoms with Crippen LogP contribution in [0.1, 0.15) is 0 Å². The number of morpholine rings is 1. The fourth-order valence-electron chi connectivity index (χ4n) is 1.82. The summed E-state index contributed by atoms with van der Waals surface area (Å²) in [7, 11) is 1.61. The molecule has 1 saturated heterocycles. The number of nitrogens with two attached hydrogens (primary N) is 1. The van der Waals surface area contributed by atoms with Crippen LogP contribution in [0.4, 0.5) is 11.9 Å². The molecular weight excluding hydrogens is 296 g/mol. The topological polar surface area (TPSA) is 128 Å². The van der Waals surface area contributed by atoms with Crippen molar-refractivity contribution in [2.75, 3.05) is 36.9 Å². The third-order valence-corrected chi connectivity index (χ3v) is 3.85. The summed E-state index contributed by atoms with van der Waals surface area (Å²) in [5.74, 6) is 0.642. The smallest absolute Gasteiger partial charge is 0.343 e. The number of anilines is 2. The van der Waals surface area contributed by atoms with E-state index in [2.05, 4.69) is 25.1 Å². The zero-order chi connectivity index (χ0) is 14.8. The first kappa shape index (κ1) is 13.8. The van der Waals surface area contributed by atoms with Crippen molar-refractivity contribution in [2.45, 2.75) is 10.3 Å². The molecule has 3 N–H and O–H groups in total. The molecule has 3 heterocycles. The van der Waals surface area contributed by atoms with Crippen molar-refractivity contribution in [1.82, 2.24) is 29.7 Å². The zero-order valence-corrected chi connectivity index (χ0v) is 12.1. The van der Waals surface area contributed by atoms with Crippen LogP contribution in [0, 0.1) is 0 Å². The maximum absolute atomic E-state index is 11.3. The number of aromatic amines is 1. The summed E-state index contributed by atoms with van der Waals surface area (Å²) >= 11 is 1.15. The molecule has 0 radical (unpaired) electrons. The average molecular weight is 310 g/mol. The molecule has 21 heavy (non-hydrogen) atoms. The van der Waals surface area contributed by atoms with E-state index < -0.39 is 0 Å². The highest BCUT2D eigenvalue weighted by molar-refractivity contribution is 7.99. The Morgan fingerprint density at radius 3 is 2.71 bits per heavy atom. The second-order valence-corrected chi connectivity index (χ2v) is 5.28. The quantitative estimate of drug-likeness (QED) is 0.723. The van der Waals surface area contributed by atoms with Gasteiger partial charge in [0.1, 0.15) is 0 Å². The van der Waals surface area contributed by atoms with Crippen LogP contribution in [0.2, 0.25) is 0 Å². The third-order valence-electron chi connectivity index (χ3n) is 2.94. The molecule has 1 aliphatic heterocycles. The van der Waals surface area contributed by atoms with E-state index in [-0.39, 0.29) is 11.6 Å². The highest BCUT2D eigenvalue weighted by Crippen LogP contribution is 2.23. The minimum Gasteiger partial charge on any atom is -0.378 e. The SMILES string of the molecule is Cn1c(Sc2nc(N)nc(N3CCOCC3)n2)n[nH]c1=O. The number of aromatic nitrogens is 6. The molecule has 1 fully saturated rings. The van der Waals surface area contributed by atoms with Crippen molar-refractivity contribution < 1.29 is 4.74 Å². The van der Waals surface area contributed by atoms with Gasteiger partial charge in [-0.15, -0.1) is 5.10 Å². The van der Waals surface area contributed by atoms with Gasteiger partial charge in [-0.1, -0.05) is 0 Å². The number of hydrogen-bond donors (Lipinski definition) is 2. The van der Waals surface area contributed by atoms with Crippen LogP contribution in [0.3, 0.4) is 0 Å². The summed E-state index contributed by atoms with van der Waals surface area (Å²) in [5.41, 5.74) is 5.43. The summed E-state index contributed by atoms with van der Waals surface area (Å²) < 4.78 is 6.67. The van der Waals surface area contributed by atoms with E-state index in [9.17, 15) is 4.79 Å². The fourth-order valence-corrected chi connectivity index (χ4v) is 2.56. The summed E-state index contributed by atoms with van der Waals surface area (Å²) in [5, 5.41) is 7.10. The lowest BCUT2D eigenvalue weighted by molar-refractivity contribution is 0.122. The Balaban J connectivity index is 1.87. The molecule has 0 amide bonds. The van der Waals surface area contributed by atoms with Crippen molar-refractivity contribution in [3.05, 3.63) is 10.5 Å². The lowest BCUT2D eigenvalue weighted by Crippen LogP contribution is -2.37. The van der Waals surface area contributed by atoms with Crippen LogP contribution in [0.5, 0.6) is 0 Å². The minimum atomic E-state index is -0.298. The third kappa shape index (κ3) is 2.97. The Morgan fingerprint density at radius 1 is 1.29 bits per heavy atom. The van der Waals surface area contributed by atoms with Gasteiger partial charge < -0.3 is 15.4 Å². The average Bonchev–Trinajstić information content (AvgIpc) is 2.80. The van der Waals surface area contributed by atoms with Gasteiger partial charge in [-0.3, -0.25) is 4.57 Å².